The number of hydrogen-bond acceptors (Lipinski definition) is 6. The van der Waals surface area contributed by atoms with Crippen molar-refractivity contribution >= 4 is 11.6 Å². The lowest BCUT2D eigenvalue weighted by Crippen LogP contribution is -2.42. The highest BCUT2D eigenvalue weighted by molar-refractivity contribution is 5.49. The summed E-state index contributed by atoms with van der Waals surface area (Å²) in [5.74, 6) is 2.62. The van der Waals surface area contributed by atoms with E-state index in [-0.39, 0.29) is 0 Å². The number of ether oxygens (including phenoxy) is 1. The number of anilines is 2. The molecule has 1 aromatic rings. The molecule has 0 bridgehead atoms. The highest BCUT2D eigenvalue weighted by Crippen LogP contribution is 2.22. The number of piperidine rings is 1. The molecular formula is C15H27N5O. The zero-order chi connectivity index (χ0) is 15.2. The minimum atomic E-state index is 0.445. The standard InChI is InChI=1S/C15H27N5O/c1-5-16-13-10-15(18-14(17-13)11-21-4)20-8-6-12(7-9-20)19(2)3/h10,12H,5-9,11H2,1-4H3,(H,16,17,18). The first-order valence-corrected chi connectivity index (χ1v) is 7.66. The van der Waals surface area contributed by atoms with E-state index in [2.05, 4.69) is 46.1 Å². The van der Waals surface area contributed by atoms with Gasteiger partial charge in [-0.25, -0.2) is 9.97 Å². The zero-order valence-electron chi connectivity index (χ0n) is 13.6. The lowest BCUT2D eigenvalue weighted by Gasteiger charge is -2.36. The Morgan fingerprint density at radius 2 is 2.05 bits per heavy atom. The Morgan fingerprint density at radius 1 is 1.33 bits per heavy atom. The van der Waals surface area contributed by atoms with Gasteiger partial charge in [-0.05, 0) is 33.9 Å². The van der Waals surface area contributed by atoms with Gasteiger partial charge < -0.3 is 19.9 Å². The van der Waals surface area contributed by atoms with Crippen LogP contribution in [-0.2, 0) is 11.3 Å². The number of nitrogens with zero attached hydrogens (tertiary/aromatic N) is 4. The Bertz CT molecular complexity index is 419. The van der Waals surface area contributed by atoms with Gasteiger partial charge in [0.1, 0.15) is 18.2 Å². The molecule has 1 saturated heterocycles. The van der Waals surface area contributed by atoms with Gasteiger partial charge in [0.15, 0.2) is 5.82 Å². The number of methoxy groups -OCH3 is 1. The summed E-state index contributed by atoms with van der Waals surface area (Å²) in [6.07, 6.45) is 2.35. The Morgan fingerprint density at radius 3 is 2.62 bits per heavy atom. The first kappa shape index (κ1) is 16.0. The smallest absolute Gasteiger partial charge is 0.158 e. The van der Waals surface area contributed by atoms with Gasteiger partial charge in [-0.2, -0.15) is 0 Å². The van der Waals surface area contributed by atoms with Crippen LogP contribution in [0.25, 0.3) is 0 Å². The summed E-state index contributed by atoms with van der Waals surface area (Å²) >= 11 is 0. The zero-order valence-corrected chi connectivity index (χ0v) is 13.6. The van der Waals surface area contributed by atoms with Crippen molar-refractivity contribution in [3.05, 3.63) is 11.9 Å². The average molecular weight is 293 g/mol. The molecule has 0 aromatic carbocycles. The SMILES string of the molecule is CCNc1cc(N2CCC(N(C)C)CC2)nc(COC)n1. The van der Waals surface area contributed by atoms with Crippen LogP contribution in [-0.4, -0.2) is 61.7 Å². The number of aromatic nitrogens is 2. The molecule has 6 heteroatoms. The monoisotopic (exact) mass is 293 g/mol. The van der Waals surface area contributed by atoms with E-state index in [9.17, 15) is 0 Å². The van der Waals surface area contributed by atoms with Gasteiger partial charge in [-0.15, -0.1) is 0 Å². The average Bonchev–Trinajstić information content (AvgIpc) is 2.48. The summed E-state index contributed by atoms with van der Waals surface area (Å²) < 4.78 is 5.17. The molecule has 1 N–H and O–H groups in total. The molecule has 118 valence electrons. The summed E-state index contributed by atoms with van der Waals surface area (Å²) in [5, 5.41) is 3.27. The Hall–Kier alpha value is -1.40. The first-order chi connectivity index (χ1) is 10.1. The molecule has 0 atom stereocenters. The van der Waals surface area contributed by atoms with Gasteiger partial charge in [0.2, 0.25) is 0 Å². The second-order valence-electron chi connectivity index (χ2n) is 5.67. The highest BCUT2D eigenvalue weighted by atomic mass is 16.5. The van der Waals surface area contributed by atoms with Crippen molar-refractivity contribution < 1.29 is 4.74 Å². The molecule has 0 spiro atoms. The topological polar surface area (TPSA) is 53.5 Å². The lowest BCUT2D eigenvalue weighted by molar-refractivity contribution is 0.178. The van der Waals surface area contributed by atoms with E-state index in [0.717, 1.165) is 37.1 Å². The number of rotatable bonds is 6. The fraction of sp³-hybridized carbons (Fsp3) is 0.733. The summed E-state index contributed by atoms with van der Waals surface area (Å²) in [7, 11) is 5.99. The first-order valence-electron chi connectivity index (χ1n) is 7.66. The number of hydrogen-bond donors (Lipinski definition) is 1. The second kappa shape index (κ2) is 7.56. The van der Waals surface area contributed by atoms with Gasteiger partial charge in [0, 0.05) is 38.9 Å². The molecule has 0 amide bonds. The van der Waals surface area contributed by atoms with Crippen molar-refractivity contribution in [2.75, 3.05) is 51.1 Å². The maximum Gasteiger partial charge on any atom is 0.158 e. The predicted octanol–water partition coefficient (Wildman–Crippen LogP) is 1.59. The van der Waals surface area contributed by atoms with E-state index in [4.69, 9.17) is 4.74 Å². The molecule has 1 aliphatic rings. The van der Waals surface area contributed by atoms with Gasteiger partial charge in [0.25, 0.3) is 0 Å². The van der Waals surface area contributed by atoms with Gasteiger partial charge in [-0.3, -0.25) is 0 Å². The van der Waals surface area contributed by atoms with Crippen LogP contribution >= 0.6 is 0 Å². The largest absolute Gasteiger partial charge is 0.377 e. The molecule has 6 nitrogen and oxygen atoms in total. The minimum Gasteiger partial charge on any atom is -0.377 e. The quantitative estimate of drug-likeness (QED) is 0.859. The van der Waals surface area contributed by atoms with Crippen LogP contribution in [0.4, 0.5) is 11.6 Å². The minimum absolute atomic E-state index is 0.445. The van der Waals surface area contributed by atoms with Crippen molar-refractivity contribution in [3.8, 4) is 0 Å². The van der Waals surface area contributed by atoms with Crippen molar-refractivity contribution in [2.45, 2.75) is 32.4 Å². The van der Waals surface area contributed by atoms with Gasteiger partial charge >= 0.3 is 0 Å². The summed E-state index contributed by atoms with van der Waals surface area (Å²) in [6, 6.07) is 2.72. The molecule has 1 aliphatic heterocycles. The highest BCUT2D eigenvalue weighted by Gasteiger charge is 2.22. The molecule has 2 rings (SSSR count). The van der Waals surface area contributed by atoms with Crippen LogP contribution in [0.15, 0.2) is 6.07 Å². The van der Waals surface area contributed by atoms with Crippen LogP contribution in [0.5, 0.6) is 0 Å². The van der Waals surface area contributed by atoms with Crippen molar-refractivity contribution in [1.82, 2.24) is 14.9 Å². The van der Waals surface area contributed by atoms with Crippen molar-refractivity contribution in [2.24, 2.45) is 0 Å². The molecule has 0 unspecified atom stereocenters. The molecule has 0 aliphatic carbocycles. The Kier molecular flexibility index (Phi) is 5.76. The molecule has 1 fully saturated rings. The van der Waals surface area contributed by atoms with E-state index in [1.807, 2.05) is 6.07 Å². The maximum absolute atomic E-state index is 5.17. The molecule has 1 aromatic heterocycles. The van der Waals surface area contributed by atoms with E-state index < -0.39 is 0 Å². The van der Waals surface area contributed by atoms with E-state index in [0.29, 0.717) is 12.6 Å². The van der Waals surface area contributed by atoms with E-state index in [1.165, 1.54) is 12.8 Å². The predicted molar refractivity (Wildman–Crippen MR) is 85.8 cm³/mol. The lowest BCUT2D eigenvalue weighted by atomic mass is 10.0. The van der Waals surface area contributed by atoms with Crippen molar-refractivity contribution in [3.63, 3.8) is 0 Å². The molecular weight excluding hydrogens is 266 g/mol. The molecule has 2 heterocycles. The summed E-state index contributed by atoms with van der Waals surface area (Å²) in [6.45, 7) is 5.45. The van der Waals surface area contributed by atoms with Crippen LogP contribution in [0.3, 0.4) is 0 Å². The maximum atomic E-state index is 5.17. The van der Waals surface area contributed by atoms with Crippen LogP contribution in [0.2, 0.25) is 0 Å². The Labute approximate surface area is 127 Å². The van der Waals surface area contributed by atoms with Crippen LogP contribution < -0.4 is 10.2 Å². The van der Waals surface area contributed by atoms with Crippen LogP contribution in [0.1, 0.15) is 25.6 Å². The third kappa shape index (κ3) is 4.28. The van der Waals surface area contributed by atoms with Gasteiger partial charge in [-0.1, -0.05) is 0 Å². The number of nitrogens with one attached hydrogen (secondary N) is 1. The summed E-state index contributed by atoms with van der Waals surface area (Å²) in [4.78, 5) is 13.8. The molecule has 0 radical (unpaired) electrons. The normalized spacial score (nSPS) is 16.5. The van der Waals surface area contributed by atoms with E-state index >= 15 is 0 Å². The third-order valence-electron chi connectivity index (χ3n) is 3.91. The molecule has 0 saturated carbocycles. The van der Waals surface area contributed by atoms with E-state index in [1.54, 1.807) is 7.11 Å². The van der Waals surface area contributed by atoms with Crippen molar-refractivity contribution in [1.29, 1.82) is 0 Å². The second-order valence-corrected chi connectivity index (χ2v) is 5.67. The summed E-state index contributed by atoms with van der Waals surface area (Å²) in [5.41, 5.74) is 0. The third-order valence-corrected chi connectivity index (χ3v) is 3.91. The molecule has 21 heavy (non-hydrogen) atoms. The fourth-order valence-corrected chi connectivity index (χ4v) is 2.72. The Balaban J connectivity index is 2.11. The fourth-order valence-electron chi connectivity index (χ4n) is 2.72. The van der Waals surface area contributed by atoms with Crippen LogP contribution in [0, 0.1) is 0 Å². The van der Waals surface area contributed by atoms with Gasteiger partial charge in [0.05, 0.1) is 0 Å².